The number of halogens is 1. The summed E-state index contributed by atoms with van der Waals surface area (Å²) in [4.78, 5) is 12.9. The van der Waals surface area contributed by atoms with Crippen molar-refractivity contribution >= 4 is 43.7 Å². The normalized spacial score (nSPS) is 11.2. The molecule has 0 bridgehead atoms. The van der Waals surface area contributed by atoms with Crippen molar-refractivity contribution in [2.24, 2.45) is 5.73 Å². The number of benzene rings is 1. The van der Waals surface area contributed by atoms with Crippen LogP contribution in [-0.2, 0) is 6.54 Å². The molecule has 0 saturated heterocycles. The first kappa shape index (κ1) is 11.3. The van der Waals surface area contributed by atoms with Gasteiger partial charge in [0, 0.05) is 9.86 Å². The topological polar surface area (TPSA) is 90.7 Å². The van der Waals surface area contributed by atoms with Crippen molar-refractivity contribution in [2.75, 3.05) is 5.73 Å². The second kappa shape index (κ2) is 4.15. The minimum absolute atomic E-state index is 0.246. The lowest BCUT2D eigenvalue weighted by Crippen LogP contribution is -2.06. The van der Waals surface area contributed by atoms with E-state index in [1.807, 2.05) is 24.3 Å². The Bertz CT molecular complexity index is 756. The first-order valence-electron chi connectivity index (χ1n) is 5.40. The molecule has 0 amide bonds. The van der Waals surface area contributed by atoms with Gasteiger partial charge in [-0.2, -0.15) is 0 Å². The van der Waals surface area contributed by atoms with E-state index in [0.717, 1.165) is 20.8 Å². The zero-order valence-corrected chi connectivity index (χ0v) is 11.0. The number of para-hydroxylation sites is 1. The summed E-state index contributed by atoms with van der Waals surface area (Å²) < 4.78 is 0.924. The summed E-state index contributed by atoms with van der Waals surface area (Å²) in [7, 11) is 0. The Morgan fingerprint density at radius 3 is 2.78 bits per heavy atom. The average molecular weight is 304 g/mol. The van der Waals surface area contributed by atoms with Gasteiger partial charge in [-0.1, -0.05) is 12.1 Å². The van der Waals surface area contributed by atoms with Crippen LogP contribution in [0.15, 0.2) is 28.7 Å². The Labute approximate surface area is 111 Å². The van der Waals surface area contributed by atoms with Crippen LogP contribution < -0.4 is 11.5 Å². The predicted molar refractivity (Wildman–Crippen MR) is 74.8 cm³/mol. The van der Waals surface area contributed by atoms with Gasteiger partial charge in [0.25, 0.3) is 0 Å². The van der Waals surface area contributed by atoms with Crippen molar-refractivity contribution in [3.05, 3.63) is 34.6 Å². The number of nitrogen functional groups attached to an aromatic ring is 1. The molecule has 0 aliphatic carbocycles. The number of hydrogen-bond donors (Lipinski definition) is 2. The standard InChI is InChI=1S/C12H10BrN5/c13-8-3-1-2-6-4-7-11(15)16-9(5-14)17-12(7)18-10(6)8/h1-4H,5,14H2,(H2,15,16,17,18). The maximum absolute atomic E-state index is 5.90. The third-order valence-corrected chi connectivity index (χ3v) is 3.36. The molecule has 0 unspecified atom stereocenters. The second-order valence-corrected chi connectivity index (χ2v) is 4.75. The van der Waals surface area contributed by atoms with Crippen LogP contribution in [0.2, 0.25) is 0 Å². The summed E-state index contributed by atoms with van der Waals surface area (Å²) in [6.07, 6.45) is 0. The number of pyridine rings is 1. The molecule has 5 nitrogen and oxygen atoms in total. The van der Waals surface area contributed by atoms with Crippen molar-refractivity contribution < 1.29 is 0 Å². The fourth-order valence-electron chi connectivity index (χ4n) is 1.86. The fraction of sp³-hybridized carbons (Fsp3) is 0.0833. The van der Waals surface area contributed by atoms with E-state index in [2.05, 4.69) is 30.9 Å². The Morgan fingerprint density at radius 1 is 1.17 bits per heavy atom. The number of rotatable bonds is 1. The lowest BCUT2D eigenvalue weighted by Gasteiger charge is -2.06. The van der Waals surface area contributed by atoms with Crippen molar-refractivity contribution in [3.63, 3.8) is 0 Å². The van der Waals surface area contributed by atoms with Crippen molar-refractivity contribution in [2.45, 2.75) is 6.54 Å². The number of nitrogens with two attached hydrogens (primary N) is 2. The smallest absolute Gasteiger partial charge is 0.165 e. The van der Waals surface area contributed by atoms with E-state index < -0.39 is 0 Å². The molecule has 4 N–H and O–H groups in total. The Hall–Kier alpha value is -1.79. The zero-order valence-electron chi connectivity index (χ0n) is 9.39. The maximum atomic E-state index is 5.90. The molecule has 2 heterocycles. The lowest BCUT2D eigenvalue weighted by atomic mass is 10.2. The number of aromatic nitrogens is 3. The average Bonchev–Trinajstić information content (AvgIpc) is 2.38. The van der Waals surface area contributed by atoms with E-state index in [4.69, 9.17) is 11.5 Å². The van der Waals surface area contributed by atoms with Crippen LogP contribution in [0.3, 0.4) is 0 Å². The molecule has 0 radical (unpaired) electrons. The number of nitrogens with zero attached hydrogens (tertiary/aromatic N) is 3. The molecule has 0 aliphatic heterocycles. The van der Waals surface area contributed by atoms with Gasteiger partial charge < -0.3 is 11.5 Å². The van der Waals surface area contributed by atoms with Crippen LogP contribution >= 0.6 is 15.9 Å². The van der Waals surface area contributed by atoms with Gasteiger partial charge in [-0.3, -0.25) is 0 Å². The molecule has 3 aromatic rings. The van der Waals surface area contributed by atoms with Crippen molar-refractivity contribution in [3.8, 4) is 0 Å². The second-order valence-electron chi connectivity index (χ2n) is 3.90. The molecule has 0 aliphatic rings. The summed E-state index contributed by atoms with van der Waals surface area (Å²) in [5.41, 5.74) is 12.9. The summed E-state index contributed by atoms with van der Waals surface area (Å²) in [6.45, 7) is 0.246. The van der Waals surface area contributed by atoms with Crippen LogP contribution in [0.1, 0.15) is 5.82 Å². The third-order valence-electron chi connectivity index (χ3n) is 2.72. The van der Waals surface area contributed by atoms with Gasteiger partial charge in [-0.05, 0) is 28.1 Å². The van der Waals surface area contributed by atoms with Crippen LogP contribution in [0.25, 0.3) is 21.9 Å². The van der Waals surface area contributed by atoms with Gasteiger partial charge >= 0.3 is 0 Å². The molecule has 0 spiro atoms. The SMILES string of the molecule is NCc1nc(N)c2cc3cccc(Br)c3nc2n1. The van der Waals surface area contributed by atoms with Gasteiger partial charge in [-0.15, -0.1) is 0 Å². The van der Waals surface area contributed by atoms with Gasteiger partial charge in [-0.25, -0.2) is 15.0 Å². The molecule has 90 valence electrons. The van der Waals surface area contributed by atoms with E-state index in [1.165, 1.54) is 0 Å². The molecule has 3 rings (SSSR count). The van der Waals surface area contributed by atoms with Gasteiger partial charge in [0.05, 0.1) is 17.4 Å². The number of anilines is 1. The zero-order chi connectivity index (χ0) is 12.7. The first-order valence-corrected chi connectivity index (χ1v) is 6.20. The Balaban J connectivity index is 2.45. The summed E-state index contributed by atoms with van der Waals surface area (Å²) in [5, 5.41) is 1.74. The van der Waals surface area contributed by atoms with E-state index >= 15 is 0 Å². The number of fused-ring (bicyclic) bond motifs is 2. The van der Waals surface area contributed by atoms with E-state index in [-0.39, 0.29) is 6.54 Å². The minimum Gasteiger partial charge on any atom is -0.383 e. The monoisotopic (exact) mass is 303 g/mol. The van der Waals surface area contributed by atoms with E-state index in [0.29, 0.717) is 17.3 Å². The van der Waals surface area contributed by atoms with Crippen molar-refractivity contribution in [1.82, 2.24) is 15.0 Å². The summed E-state index contributed by atoms with van der Waals surface area (Å²) in [5.74, 6) is 0.911. The summed E-state index contributed by atoms with van der Waals surface area (Å²) >= 11 is 3.47. The molecule has 0 saturated carbocycles. The molecule has 18 heavy (non-hydrogen) atoms. The third kappa shape index (κ3) is 1.70. The fourth-order valence-corrected chi connectivity index (χ4v) is 2.33. The molecule has 2 aromatic heterocycles. The largest absolute Gasteiger partial charge is 0.383 e. The number of hydrogen-bond acceptors (Lipinski definition) is 5. The molecule has 1 aromatic carbocycles. The molecule has 6 heteroatoms. The highest BCUT2D eigenvalue weighted by molar-refractivity contribution is 9.10. The molecular formula is C12H10BrN5. The van der Waals surface area contributed by atoms with Gasteiger partial charge in [0.15, 0.2) is 5.65 Å². The van der Waals surface area contributed by atoms with Crippen LogP contribution in [0, 0.1) is 0 Å². The first-order chi connectivity index (χ1) is 8.69. The highest BCUT2D eigenvalue weighted by atomic mass is 79.9. The maximum Gasteiger partial charge on any atom is 0.165 e. The highest BCUT2D eigenvalue weighted by Crippen LogP contribution is 2.26. The van der Waals surface area contributed by atoms with Crippen LogP contribution in [0.5, 0.6) is 0 Å². The van der Waals surface area contributed by atoms with E-state index in [9.17, 15) is 0 Å². The minimum atomic E-state index is 0.246. The van der Waals surface area contributed by atoms with Gasteiger partial charge in [0.1, 0.15) is 11.6 Å². The predicted octanol–water partition coefficient (Wildman–Crippen LogP) is 1.98. The molecule has 0 fully saturated rings. The summed E-state index contributed by atoms with van der Waals surface area (Å²) in [6, 6.07) is 7.81. The molecule has 0 atom stereocenters. The quantitative estimate of drug-likeness (QED) is 0.671. The Kier molecular flexibility index (Phi) is 2.61. The molecular weight excluding hydrogens is 294 g/mol. The Morgan fingerprint density at radius 2 is 2.00 bits per heavy atom. The highest BCUT2D eigenvalue weighted by Gasteiger charge is 2.08. The van der Waals surface area contributed by atoms with Crippen LogP contribution in [-0.4, -0.2) is 15.0 Å². The lowest BCUT2D eigenvalue weighted by molar-refractivity contribution is 0.926. The van der Waals surface area contributed by atoms with Crippen LogP contribution in [0.4, 0.5) is 5.82 Å². The van der Waals surface area contributed by atoms with Crippen molar-refractivity contribution in [1.29, 1.82) is 0 Å². The van der Waals surface area contributed by atoms with E-state index in [1.54, 1.807) is 0 Å². The van der Waals surface area contributed by atoms with Gasteiger partial charge in [0.2, 0.25) is 0 Å².